The summed E-state index contributed by atoms with van der Waals surface area (Å²) in [5, 5.41) is 12.1. The van der Waals surface area contributed by atoms with E-state index in [-0.39, 0.29) is 5.84 Å². The number of benzene rings is 1. The van der Waals surface area contributed by atoms with Crippen LogP contribution in [0.2, 0.25) is 0 Å². The van der Waals surface area contributed by atoms with Crippen molar-refractivity contribution in [2.45, 2.75) is 19.8 Å². The van der Waals surface area contributed by atoms with Gasteiger partial charge in [0.1, 0.15) is 0 Å². The summed E-state index contributed by atoms with van der Waals surface area (Å²) in [5.41, 5.74) is 8.66. The molecule has 110 valence electrons. The summed E-state index contributed by atoms with van der Waals surface area (Å²) in [6.07, 6.45) is 2.18. The first-order valence-electron chi connectivity index (χ1n) is 6.99. The van der Waals surface area contributed by atoms with E-state index in [1.54, 1.807) is 0 Å². The Hall–Kier alpha value is -1.75. The molecule has 0 amide bonds. The average Bonchev–Trinajstić information content (AvgIpc) is 2.47. The summed E-state index contributed by atoms with van der Waals surface area (Å²) >= 11 is 0. The number of nitrogens with zero attached hydrogens (tertiary/aromatic N) is 2. The van der Waals surface area contributed by atoms with Crippen LogP contribution in [0, 0.1) is 12.8 Å². The van der Waals surface area contributed by atoms with E-state index in [0.717, 1.165) is 49.4 Å². The highest BCUT2D eigenvalue weighted by Crippen LogP contribution is 2.24. The van der Waals surface area contributed by atoms with Crippen LogP contribution in [-0.2, 0) is 4.74 Å². The fourth-order valence-corrected chi connectivity index (χ4v) is 2.66. The third kappa shape index (κ3) is 3.42. The van der Waals surface area contributed by atoms with Crippen LogP contribution in [-0.4, -0.2) is 37.8 Å². The Labute approximate surface area is 120 Å². The number of hydrogen-bond donors (Lipinski definition) is 2. The number of hydrogen-bond acceptors (Lipinski definition) is 4. The third-order valence-electron chi connectivity index (χ3n) is 3.82. The molecule has 1 aliphatic rings. The van der Waals surface area contributed by atoms with Crippen LogP contribution in [0.25, 0.3) is 0 Å². The molecule has 5 heteroatoms. The molecule has 1 heterocycles. The molecule has 1 fully saturated rings. The molecule has 0 aromatic heterocycles. The zero-order valence-corrected chi connectivity index (χ0v) is 12.2. The minimum Gasteiger partial charge on any atom is -0.409 e. The minimum absolute atomic E-state index is 0.155. The Kier molecular flexibility index (Phi) is 4.84. The predicted octanol–water partition coefficient (Wildman–Crippen LogP) is 1.95. The maximum absolute atomic E-state index is 8.93. The Bertz CT molecular complexity index is 482. The smallest absolute Gasteiger partial charge is 0.172 e. The van der Waals surface area contributed by atoms with Gasteiger partial charge in [-0.15, -0.1) is 0 Å². The average molecular weight is 277 g/mol. The number of oxime groups is 1. The van der Waals surface area contributed by atoms with Crippen LogP contribution in [0.15, 0.2) is 23.4 Å². The molecule has 1 saturated heterocycles. The molecular formula is C15H23N3O2. The van der Waals surface area contributed by atoms with Crippen LogP contribution in [0.4, 0.5) is 5.69 Å². The molecule has 0 saturated carbocycles. The van der Waals surface area contributed by atoms with Gasteiger partial charge in [0.2, 0.25) is 0 Å². The van der Waals surface area contributed by atoms with Gasteiger partial charge in [0.15, 0.2) is 5.84 Å². The first-order valence-corrected chi connectivity index (χ1v) is 6.99. The van der Waals surface area contributed by atoms with Gasteiger partial charge in [-0.05, 0) is 37.8 Å². The van der Waals surface area contributed by atoms with Crippen molar-refractivity contribution in [1.82, 2.24) is 0 Å². The molecule has 0 unspecified atom stereocenters. The summed E-state index contributed by atoms with van der Waals surface area (Å²) in [5.74, 6) is 0.790. The van der Waals surface area contributed by atoms with Gasteiger partial charge in [0.05, 0.1) is 0 Å². The highest BCUT2D eigenvalue weighted by atomic mass is 16.5. The molecule has 0 bridgehead atoms. The summed E-state index contributed by atoms with van der Waals surface area (Å²) < 4.78 is 5.39. The van der Waals surface area contributed by atoms with Gasteiger partial charge >= 0.3 is 0 Å². The molecule has 0 radical (unpaired) electrons. The topological polar surface area (TPSA) is 71.1 Å². The zero-order valence-electron chi connectivity index (χ0n) is 12.2. The highest BCUT2D eigenvalue weighted by Gasteiger charge is 2.18. The number of aryl methyl sites for hydroxylation is 1. The van der Waals surface area contributed by atoms with E-state index in [4.69, 9.17) is 15.7 Å². The zero-order chi connectivity index (χ0) is 14.5. The van der Waals surface area contributed by atoms with E-state index in [1.165, 1.54) is 0 Å². The largest absolute Gasteiger partial charge is 0.409 e. The van der Waals surface area contributed by atoms with Crippen LogP contribution < -0.4 is 10.6 Å². The van der Waals surface area contributed by atoms with Gasteiger partial charge in [0.25, 0.3) is 0 Å². The van der Waals surface area contributed by atoms with E-state index >= 15 is 0 Å². The second-order valence-corrected chi connectivity index (χ2v) is 5.44. The number of anilines is 1. The second kappa shape index (κ2) is 6.61. The maximum atomic E-state index is 8.93. The maximum Gasteiger partial charge on any atom is 0.172 e. The molecule has 1 aromatic rings. The summed E-state index contributed by atoms with van der Waals surface area (Å²) in [4.78, 5) is 2.18. The normalized spacial score (nSPS) is 17.2. The molecule has 2 rings (SSSR count). The second-order valence-electron chi connectivity index (χ2n) is 5.44. The summed E-state index contributed by atoms with van der Waals surface area (Å²) in [7, 11) is 2.05. The van der Waals surface area contributed by atoms with E-state index in [0.29, 0.717) is 5.92 Å². The molecule has 3 N–H and O–H groups in total. The standard InChI is InChI=1S/C15H23N3O2/c1-11-3-4-14(13(9-11)15(16)17-19)18(2)10-12-5-7-20-8-6-12/h3-4,9,12,19H,5-8,10H2,1-2H3,(H2,16,17). The minimum atomic E-state index is 0.155. The van der Waals surface area contributed by atoms with Crippen LogP contribution in [0.3, 0.4) is 0 Å². The van der Waals surface area contributed by atoms with Crippen molar-refractivity contribution in [3.8, 4) is 0 Å². The molecule has 0 spiro atoms. The van der Waals surface area contributed by atoms with Gasteiger partial charge in [-0.25, -0.2) is 0 Å². The molecule has 1 aromatic carbocycles. The van der Waals surface area contributed by atoms with Gasteiger partial charge in [-0.2, -0.15) is 0 Å². The van der Waals surface area contributed by atoms with Crippen molar-refractivity contribution in [1.29, 1.82) is 0 Å². The van der Waals surface area contributed by atoms with Gasteiger partial charge < -0.3 is 20.6 Å². The number of ether oxygens (including phenoxy) is 1. The lowest BCUT2D eigenvalue weighted by atomic mass is 9.99. The van der Waals surface area contributed by atoms with E-state index in [1.807, 2.05) is 32.2 Å². The monoisotopic (exact) mass is 277 g/mol. The van der Waals surface area contributed by atoms with E-state index in [9.17, 15) is 0 Å². The number of rotatable bonds is 4. The van der Waals surface area contributed by atoms with Crippen molar-refractivity contribution < 1.29 is 9.94 Å². The number of amidine groups is 1. The Morgan fingerprint density at radius 1 is 1.45 bits per heavy atom. The Balaban J connectivity index is 2.18. The van der Waals surface area contributed by atoms with E-state index < -0.39 is 0 Å². The van der Waals surface area contributed by atoms with Crippen molar-refractivity contribution >= 4 is 11.5 Å². The molecule has 0 atom stereocenters. The molecule has 5 nitrogen and oxygen atoms in total. The highest BCUT2D eigenvalue weighted by molar-refractivity contribution is 6.02. The Morgan fingerprint density at radius 3 is 2.80 bits per heavy atom. The first kappa shape index (κ1) is 14.7. The molecule has 20 heavy (non-hydrogen) atoms. The SMILES string of the molecule is Cc1ccc(N(C)CC2CCOCC2)c(/C(N)=N/O)c1. The van der Waals surface area contributed by atoms with Crippen LogP contribution in [0.5, 0.6) is 0 Å². The molecular weight excluding hydrogens is 254 g/mol. The number of nitrogens with two attached hydrogens (primary N) is 1. The molecule has 0 aliphatic carbocycles. The lowest BCUT2D eigenvalue weighted by Gasteiger charge is -2.29. The van der Waals surface area contributed by atoms with Crippen LogP contribution in [0.1, 0.15) is 24.0 Å². The van der Waals surface area contributed by atoms with Gasteiger partial charge in [-0.3, -0.25) is 0 Å². The fourth-order valence-electron chi connectivity index (χ4n) is 2.66. The van der Waals surface area contributed by atoms with Crippen molar-refractivity contribution in [2.24, 2.45) is 16.8 Å². The predicted molar refractivity (Wildman–Crippen MR) is 80.5 cm³/mol. The van der Waals surface area contributed by atoms with E-state index in [2.05, 4.69) is 10.1 Å². The summed E-state index contributed by atoms with van der Waals surface area (Å²) in [6.45, 7) is 4.65. The van der Waals surface area contributed by atoms with Crippen molar-refractivity contribution in [3.63, 3.8) is 0 Å². The fraction of sp³-hybridized carbons (Fsp3) is 0.533. The first-order chi connectivity index (χ1) is 9.61. The Morgan fingerprint density at radius 2 is 2.15 bits per heavy atom. The quantitative estimate of drug-likeness (QED) is 0.382. The summed E-state index contributed by atoms with van der Waals surface area (Å²) in [6, 6.07) is 6.02. The third-order valence-corrected chi connectivity index (χ3v) is 3.82. The van der Waals surface area contributed by atoms with Crippen LogP contribution >= 0.6 is 0 Å². The lowest BCUT2D eigenvalue weighted by molar-refractivity contribution is 0.0685. The van der Waals surface area contributed by atoms with Gasteiger partial charge in [-0.1, -0.05) is 16.8 Å². The van der Waals surface area contributed by atoms with Crippen molar-refractivity contribution in [2.75, 3.05) is 31.7 Å². The molecule has 1 aliphatic heterocycles. The van der Waals surface area contributed by atoms with Crippen molar-refractivity contribution in [3.05, 3.63) is 29.3 Å². The lowest BCUT2D eigenvalue weighted by Crippen LogP contribution is -2.31. The van der Waals surface area contributed by atoms with Gasteiger partial charge in [0, 0.05) is 38.1 Å².